The number of rotatable bonds is 2. The van der Waals surface area contributed by atoms with Gasteiger partial charge in [0.1, 0.15) is 5.75 Å². The van der Waals surface area contributed by atoms with E-state index in [-0.39, 0.29) is 0 Å². The predicted molar refractivity (Wildman–Crippen MR) is 78.8 cm³/mol. The minimum atomic E-state index is -0.697. The van der Waals surface area contributed by atoms with Gasteiger partial charge >= 0.3 is 11.8 Å². The highest BCUT2D eigenvalue weighted by Crippen LogP contribution is 2.30. The summed E-state index contributed by atoms with van der Waals surface area (Å²) in [6.07, 6.45) is 0. The summed E-state index contributed by atoms with van der Waals surface area (Å²) in [5, 5.41) is 3.10. The zero-order chi connectivity index (χ0) is 15.4. The Morgan fingerprint density at radius 1 is 1.33 bits per heavy atom. The van der Waals surface area contributed by atoms with Gasteiger partial charge in [0.25, 0.3) is 0 Å². The number of nitrogens with zero attached hydrogens (tertiary/aromatic N) is 1. The Bertz CT molecular complexity index is 556. The molecule has 2 amide bonds. The molecule has 1 heterocycles. The number of benzene rings is 1. The molecule has 2 rings (SSSR count). The number of morpholine rings is 1. The summed E-state index contributed by atoms with van der Waals surface area (Å²) in [6.45, 7) is 3.54. The van der Waals surface area contributed by atoms with Crippen LogP contribution in [0.25, 0.3) is 0 Å². The SMILES string of the molecule is COc1cc(Cl)c(C)cc1NC(=O)C(=O)N1CCOCC1. The summed E-state index contributed by atoms with van der Waals surface area (Å²) in [5.74, 6) is -0.862. The van der Waals surface area contributed by atoms with Gasteiger partial charge in [-0.15, -0.1) is 0 Å². The summed E-state index contributed by atoms with van der Waals surface area (Å²) in [7, 11) is 1.47. The molecule has 7 heteroatoms. The molecule has 1 aromatic carbocycles. The highest BCUT2D eigenvalue weighted by molar-refractivity contribution is 6.39. The average Bonchev–Trinajstić information content (AvgIpc) is 2.50. The Morgan fingerprint density at radius 2 is 2.00 bits per heavy atom. The monoisotopic (exact) mass is 312 g/mol. The van der Waals surface area contributed by atoms with Gasteiger partial charge in [-0.2, -0.15) is 0 Å². The van der Waals surface area contributed by atoms with Gasteiger partial charge in [0, 0.05) is 24.2 Å². The number of carbonyl (C=O) groups is 2. The van der Waals surface area contributed by atoms with E-state index in [0.717, 1.165) is 5.56 Å². The second-order valence-electron chi connectivity index (χ2n) is 4.66. The summed E-state index contributed by atoms with van der Waals surface area (Å²) in [6, 6.07) is 3.28. The highest BCUT2D eigenvalue weighted by atomic mass is 35.5. The van der Waals surface area contributed by atoms with Crippen molar-refractivity contribution in [1.29, 1.82) is 0 Å². The first-order valence-corrected chi connectivity index (χ1v) is 6.93. The molecule has 1 N–H and O–H groups in total. The van der Waals surface area contributed by atoms with Crippen molar-refractivity contribution in [3.8, 4) is 5.75 Å². The van der Waals surface area contributed by atoms with Gasteiger partial charge in [-0.05, 0) is 18.6 Å². The second kappa shape index (κ2) is 6.78. The second-order valence-corrected chi connectivity index (χ2v) is 5.07. The molecular weight excluding hydrogens is 296 g/mol. The zero-order valence-corrected chi connectivity index (χ0v) is 12.7. The van der Waals surface area contributed by atoms with Crippen LogP contribution in [0.3, 0.4) is 0 Å². The zero-order valence-electron chi connectivity index (χ0n) is 11.9. The number of amides is 2. The third kappa shape index (κ3) is 3.65. The quantitative estimate of drug-likeness (QED) is 0.839. The van der Waals surface area contributed by atoms with E-state index in [1.54, 1.807) is 19.1 Å². The third-order valence-electron chi connectivity index (χ3n) is 3.22. The summed E-state index contributed by atoms with van der Waals surface area (Å²) in [5.41, 5.74) is 1.21. The maximum atomic E-state index is 12.0. The lowest BCUT2D eigenvalue weighted by Gasteiger charge is -2.26. The molecule has 1 fully saturated rings. The maximum absolute atomic E-state index is 12.0. The van der Waals surface area contributed by atoms with Crippen LogP contribution in [-0.2, 0) is 14.3 Å². The first-order valence-electron chi connectivity index (χ1n) is 6.55. The van der Waals surface area contributed by atoms with Crippen molar-refractivity contribution in [2.75, 3.05) is 38.7 Å². The molecule has 114 valence electrons. The van der Waals surface area contributed by atoms with E-state index in [1.807, 2.05) is 0 Å². The number of halogens is 1. The molecule has 6 nitrogen and oxygen atoms in total. The summed E-state index contributed by atoms with van der Waals surface area (Å²) >= 11 is 6.00. The van der Waals surface area contributed by atoms with Crippen LogP contribution in [0.15, 0.2) is 12.1 Å². The Hall–Kier alpha value is -1.79. The van der Waals surface area contributed by atoms with Crippen LogP contribution in [-0.4, -0.2) is 50.1 Å². The molecule has 0 saturated carbocycles. The van der Waals surface area contributed by atoms with Crippen LogP contribution in [0.4, 0.5) is 5.69 Å². The van der Waals surface area contributed by atoms with E-state index in [0.29, 0.717) is 42.8 Å². The largest absolute Gasteiger partial charge is 0.495 e. The maximum Gasteiger partial charge on any atom is 0.314 e. The molecule has 1 saturated heterocycles. The lowest BCUT2D eigenvalue weighted by Crippen LogP contribution is -2.45. The molecule has 21 heavy (non-hydrogen) atoms. The fourth-order valence-corrected chi connectivity index (χ4v) is 2.17. The molecule has 0 aliphatic carbocycles. The number of methoxy groups -OCH3 is 1. The number of hydrogen-bond acceptors (Lipinski definition) is 4. The normalized spacial score (nSPS) is 14.7. The van der Waals surface area contributed by atoms with Crippen molar-refractivity contribution in [2.24, 2.45) is 0 Å². The molecule has 0 spiro atoms. The van der Waals surface area contributed by atoms with Gasteiger partial charge in [-0.3, -0.25) is 9.59 Å². The Labute approximate surface area is 128 Å². The first kappa shape index (κ1) is 15.6. The molecule has 1 aliphatic heterocycles. The third-order valence-corrected chi connectivity index (χ3v) is 3.63. The smallest absolute Gasteiger partial charge is 0.314 e. The van der Waals surface area contributed by atoms with Crippen LogP contribution < -0.4 is 10.1 Å². The lowest BCUT2D eigenvalue weighted by atomic mass is 10.2. The number of ether oxygens (including phenoxy) is 2. The Balaban J connectivity index is 2.11. The number of nitrogens with one attached hydrogen (secondary N) is 1. The van der Waals surface area contributed by atoms with Crippen molar-refractivity contribution in [3.63, 3.8) is 0 Å². The van der Waals surface area contributed by atoms with E-state index >= 15 is 0 Å². The van der Waals surface area contributed by atoms with E-state index in [4.69, 9.17) is 21.1 Å². The molecule has 0 bridgehead atoms. The van der Waals surface area contributed by atoms with Crippen LogP contribution in [0.1, 0.15) is 5.56 Å². The van der Waals surface area contributed by atoms with E-state index in [9.17, 15) is 9.59 Å². The summed E-state index contributed by atoms with van der Waals surface area (Å²) < 4.78 is 10.3. The number of carbonyl (C=O) groups excluding carboxylic acids is 2. The van der Waals surface area contributed by atoms with E-state index < -0.39 is 11.8 Å². The van der Waals surface area contributed by atoms with Crippen LogP contribution >= 0.6 is 11.6 Å². The highest BCUT2D eigenvalue weighted by Gasteiger charge is 2.24. The molecule has 0 unspecified atom stereocenters. The van der Waals surface area contributed by atoms with Crippen LogP contribution in [0.5, 0.6) is 5.75 Å². The van der Waals surface area contributed by atoms with Gasteiger partial charge in [0.15, 0.2) is 0 Å². The standard InChI is InChI=1S/C14H17ClN2O4/c1-9-7-11(12(20-2)8-10(9)15)16-13(18)14(19)17-3-5-21-6-4-17/h7-8H,3-6H2,1-2H3,(H,16,18). The number of anilines is 1. The number of aryl methyl sites for hydroxylation is 1. The van der Waals surface area contributed by atoms with Crippen LogP contribution in [0.2, 0.25) is 5.02 Å². The van der Waals surface area contributed by atoms with Gasteiger partial charge < -0.3 is 19.7 Å². The first-order chi connectivity index (χ1) is 10.0. The van der Waals surface area contributed by atoms with Crippen molar-refractivity contribution < 1.29 is 19.1 Å². The van der Waals surface area contributed by atoms with E-state index in [1.165, 1.54) is 12.0 Å². The number of hydrogen-bond donors (Lipinski definition) is 1. The average molecular weight is 313 g/mol. The minimum Gasteiger partial charge on any atom is -0.495 e. The molecule has 0 aromatic heterocycles. The van der Waals surface area contributed by atoms with Gasteiger partial charge in [-0.1, -0.05) is 11.6 Å². The predicted octanol–water partition coefficient (Wildman–Crippen LogP) is 1.45. The lowest BCUT2D eigenvalue weighted by molar-refractivity contribution is -0.145. The van der Waals surface area contributed by atoms with Gasteiger partial charge in [0.05, 0.1) is 26.0 Å². The molecule has 0 atom stereocenters. The summed E-state index contributed by atoms with van der Waals surface area (Å²) in [4.78, 5) is 25.6. The van der Waals surface area contributed by atoms with Crippen LogP contribution in [0, 0.1) is 6.92 Å². The van der Waals surface area contributed by atoms with Gasteiger partial charge in [-0.25, -0.2) is 0 Å². The molecule has 1 aliphatic rings. The Morgan fingerprint density at radius 3 is 2.62 bits per heavy atom. The topological polar surface area (TPSA) is 67.9 Å². The molecule has 0 radical (unpaired) electrons. The Kier molecular flexibility index (Phi) is 5.03. The molecule has 1 aromatic rings. The fourth-order valence-electron chi connectivity index (χ4n) is 2.02. The van der Waals surface area contributed by atoms with Crippen molar-refractivity contribution in [3.05, 3.63) is 22.7 Å². The molecular formula is C14H17ClN2O4. The van der Waals surface area contributed by atoms with Gasteiger partial charge in [0.2, 0.25) is 0 Å². The van der Waals surface area contributed by atoms with Crippen molar-refractivity contribution in [1.82, 2.24) is 4.90 Å². The minimum absolute atomic E-state index is 0.411. The van der Waals surface area contributed by atoms with Crippen molar-refractivity contribution in [2.45, 2.75) is 6.92 Å². The fraction of sp³-hybridized carbons (Fsp3) is 0.429. The van der Waals surface area contributed by atoms with Crippen molar-refractivity contribution >= 4 is 29.1 Å². The van der Waals surface area contributed by atoms with E-state index in [2.05, 4.69) is 5.32 Å².